The molecule has 2 aromatic heterocycles. The molecule has 9 heteroatoms. The molecule has 2 heterocycles. The van der Waals surface area contributed by atoms with Crippen molar-refractivity contribution in [2.45, 2.75) is 17.5 Å². The van der Waals surface area contributed by atoms with E-state index in [1.165, 1.54) is 11.8 Å². The van der Waals surface area contributed by atoms with Crippen molar-refractivity contribution < 1.29 is 9.26 Å². The number of thioether (sulfide) groups is 1. The summed E-state index contributed by atoms with van der Waals surface area (Å²) in [5.74, 6) is 1.41. The number of ether oxygens (including phenoxy) is 1. The van der Waals surface area contributed by atoms with Crippen LogP contribution < -0.4 is 5.56 Å². The fraction of sp³-hybridized carbons (Fsp3) is 0.200. The Kier molecular flexibility index (Phi) is 6.08. The van der Waals surface area contributed by atoms with Crippen LogP contribution in [0.5, 0.6) is 0 Å². The van der Waals surface area contributed by atoms with Gasteiger partial charge in [-0.1, -0.05) is 63.2 Å². The summed E-state index contributed by atoms with van der Waals surface area (Å²) in [6.07, 6.45) is 0. The predicted octanol–water partition coefficient (Wildman–Crippen LogP) is 4.15. The minimum atomic E-state index is -0.105. The van der Waals surface area contributed by atoms with Gasteiger partial charge in [0.2, 0.25) is 11.7 Å². The standard InChI is InChI=1S/C20H17BrN4O3S/c1-27-10-9-25-19(26)15-11-14(21)7-8-16(15)22-20(25)29-12-17-23-18(24-28-17)13-5-3-2-4-6-13/h2-8,11H,9-10,12H2,1H3. The summed E-state index contributed by atoms with van der Waals surface area (Å²) in [7, 11) is 1.60. The average molecular weight is 473 g/mol. The van der Waals surface area contributed by atoms with Crippen molar-refractivity contribution >= 4 is 38.6 Å². The van der Waals surface area contributed by atoms with E-state index in [1.807, 2.05) is 42.5 Å². The van der Waals surface area contributed by atoms with Gasteiger partial charge in [0.15, 0.2) is 5.16 Å². The Bertz CT molecular complexity index is 1190. The second kappa shape index (κ2) is 8.89. The first-order valence-electron chi connectivity index (χ1n) is 8.85. The van der Waals surface area contributed by atoms with Gasteiger partial charge >= 0.3 is 0 Å². The van der Waals surface area contributed by atoms with Gasteiger partial charge in [0.25, 0.3) is 5.56 Å². The number of aromatic nitrogens is 4. The van der Waals surface area contributed by atoms with E-state index in [0.717, 1.165) is 10.0 Å². The number of methoxy groups -OCH3 is 1. The average Bonchev–Trinajstić information content (AvgIpc) is 3.22. The molecule has 2 aromatic carbocycles. The van der Waals surface area contributed by atoms with Gasteiger partial charge in [0, 0.05) is 17.1 Å². The first kappa shape index (κ1) is 19.8. The highest BCUT2D eigenvalue weighted by Crippen LogP contribution is 2.24. The molecule has 0 saturated carbocycles. The number of hydrogen-bond donors (Lipinski definition) is 0. The number of benzene rings is 2. The van der Waals surface area contributed by atoms with Crippen LogP contribution in [0.15, 0.2) is 67.5 Å². The van der Waals surface area contributed by atoms with Gasteiger partial charge in [-0.3, -0.25) is 9.36 Å². The number of rotatable bonds is 7. The number of fused-ring (bicyclic) bond motifs is 1. The molecule has 0 fully saturated rings. The molecule has 0 radical (unpaired) electrons. The summed E-state index contributed by atoms with van der Waals surface area (Å²) in [6, 6.07) is 15.1. The van der Waals surface area contributed by atoms with Gasteiger partial charge in [0.05, 0.1) is 29.8 Å². The van der Waals surface area contributed by atoms with Crippen molar-refractivity contribution in [2.24, 2.45) is 0 Å². The van der Waals surface area contributed by atoms with E-state index >= 15 is 0 Å². The van der Waals surface area contributed by atoms with Crippen LogP contribution in [0.3, 0.4) is 0 Å². The Morgan fingerprint density at radius 2 is 2.00 bits per heavy atom. The van der Waals surface area contributed by atoms with Gasteiger partial charge < -0.3 is 9.26 Å². The van der Waals surface area contributed by atoms with Crippen LogP contribution in [0, 0.1) is 0 Å². The fourth-order valence-corrected chi connectivity index (χ4v) is 4.03. The van der Waals surface area contributed by atoms with Crippen LogP contribution in [0.4, 0.5) is 0 Å². The number of nitrogens with zero attached hydrogens (tertiary/aromatic N) is 4. The maximum absolute atomic E-state index is 13.0. The molecule has 0 spiro atoms. The highest BCUT2D eigenvalue weighted by molar-refractivity contribution is 9.10. The van der Waals surface area contributed by atoms with E-state index in [1.54, 1.807) is 17.7 Å². The SMILES string of the molecule is COCCn1c(SCc2nc(-c3ccccc3)no2)nc2ccc(Br)cc2c1=O. The lowest BCUT2D eigenvalue weighted by molar-refractivity contribution is 0.183. The van der Waals surface area contributed by atoms with E-state index < -0.39 is 0 Å². The van der Waals surface area contributed by atoms with Gasteiger partial charge in [-0.2, -0.15) is 4.98 Å². The first-order chi connectivity index (χ1) is 14.2. The van der Waals surface area contributed by atoms with Crippen LogP contribution in [0.1, 0.15) is 5.89 Å². The van der Waals surface area contributed by atoms with Crippen LogP contribution in [-0.2, 0) is 17.0 Å². The maximum atomic E-state index is 13.0. The minimum absolute atomic E-state index is 0.105. The summed E-state index contributed by atoms with van der Waals surface area (Å²) in [5.41, 5.74) is 1.43. The van der Waals surface area contributed by atoms with E-state index in [0.29, 0.717) is 46.7 Å². The normalized spacial score (nSPS) is 11.2. The molecule has 0 aliphatic heterocycles. The molecule has 7 nitrogen and oxygen atoms in total. The monoisotopic (exact) mass is 472 g/mol. The quantitative estimate of drug-likeness (QED) is 0.295. The largest absolute Gasteiger partial charge is 0.383 e. The van der Waals surface area contributed by atoms with Gasteiger partial charge in [-0.05, 0) is 18.2 Å². The Labute approximate surface area is 179 Å². The first-order valence-corrected chi connectivity index (χ1v) is 10.6. The van der Waals surface area contributed by atoms with E-state index in [9.17, 15) is 4.79 Å². The van der Waals surface area contributed by atoms with Crippen molar-refractivity contribution in [1.29, 1.82) is 0 Å². The fourth-order valence-electron chi connectivity index (χ4n) is 2.81. The third kappa shape index (κ3) is 4.42. The molecule has 29 heavy (non-hydrogen) atoms. The van der Waals surface area contributed by atoms with Crippen molar-refractivity contribution in [2.75, 3.05) is 13.7 Å². The summed E-state index contributed by atoms with van der Waals surface area (Å²) in [6.45, 7) is 0.819. The number of hydrogen-bond acceptors (Lipinski definition) is 7. The topological polar surface area (TPSA) is 83.0 Å². The maximum Gasteiger partial charge on any atom is 0.262 e. The molecule has 0 unspecified atom stereocenters. The van der Waals surface area contributed by atoms with Crippen molar-refractivity contribution in [3.05, 3.63) is 69.2 Å². The van der Waals surface area contributed by atoms with Crippen LogP contribution >= 0.6 is 27.7 Å². The van der Waals surface area contributed by atoms with Crippen LogP contribution in [0.2, 0.25) is 0 Å². The second-order valence-electron chi connectivity index (χ2n) is 6.17. The van der Waals surface area contributed by atoms with Gasteiger partial charge in [-0.15, -0.1) is 0 Å². The van der Waals surface area contributed by atoms with Crippen LogP contribution in [-0.4, -0.2) is 33.4 Å². The molecule has 0 bridgehead atoms. The molecule has 4 rings (SSSR count). The second-order valence-corrected chi connectivity index (χ2v) is 8.03. The summed E-state index contributed by atoms with van der Waals surface area (Å²) >= 11 is 4.79. The zero-order valence-corrected chi connectivity index (χ0v) is 17.9. The predicted molar refractivity (Wildman–Crippen MR) is 115 cm³/mol. The molecule has 0 N–H and O–H groups in total. The number of halogens is 1. The smallest absolute Gasteiger partial charge is 0.262 e. The molecule has 4 aromatic rings. The zero-order valence-electron chi connectivity index (χ0n) is 15.5. The molecule has 0 aliphatic carbocycles. The molecule has 0 saturated heterocycles. The van der Waals surface area contributed by atoms with Gasteiger partial charge in [0.1, 0.15) is 0 Å². The lowest BCUT2D eigenvalue weighted by Gasteiger charge is -2.12. The zero-order chi connectivity index (χ0) is 20.2. The molecular weight excluding hydrogens is 456 g/mol. The lowest BCUT2D eigenvalue weighted by Crippen LogP contribution is -2.25. The van der Waals surface area contributed by atoms with Gasteiger partial charge in [-0.25, -0.2) is 4.98 Å². The van der Waals surface area contributed by atoms with Crippen molar-refractivity contribution in [3.8, 4) is 11.4 Å². The Morgan fingerprint density at radius 3 is 2.79 bits per heavy atom. The molecule has 148 valence electrons. The Hall–Kier alpha value is -2.49. The minimum Gasteiger partial charge on any atom is -0.383 e. The molecule has 0 atom stereocenters. The summed E-state index contributed by atoms with van der Waals surface area (Å²) < 4.78 is 13.0. The highest BCUT2D eigenvalue weighted by Gasteiger charge is 2.15. The third-order valence-electron chi connectivity index (χ3n) is 4.22. The van der Waals surface area contributed by atoms with Crippen molar-refractivity contribution in [1.82, 2.24) is 19.7 Å². The Balaban J connectivity index is 1.62. The third-order valence-corrected chi connectivity index (χ3v) is 5.68. The van der Waals surface area contributed by atoms with E-state index in [2.05, 4.69) is 31.1 Å². The van der Waals surface area contributed by atoms with Crippen molar-refractivity contribution in [3.63, 3.8) is 0 Å². The molecular formula is C20H17BrN4O3S. The molecule has 0 aliphatic rings. The van der Waals surface area contributed by atoms with E-state index in [4.69, 9.17) is 9.26 Å². The lowest BCUT2D eigenvalue weighted by atomic mass is 10.2. The highest BCUT2D eigenvalue weighted by atomic mass is 79.9. The summed E-state index contributed by atoms with van der Waals surface area (Å²) in [5, 5.41) is 5.18. The van der Waals surface area contributed by atoms with Crippen LogP contribution in [0.25, 0.3) is 22.3 Å². The Morgan fingerprint density at radius 1 is 1.17 bits per heavy atom. The van der Waals surface area contributed by atoms with E-state index in [-0.39, 0.29) is 5.56 Å². The summed E-state index contributed by atoms with van der Waals surface area (Å²) in [4.78, 5) is 22.1. The molecule has 0 amide bonds.